The fraction of sp³-hybridized carbons (Fsp3) is 0.909. The summed E-state index contributed by atoms with van der Waals surface area (Å²) in [5.41, 5.74) is 0. The number of carbonyl (C=O) groups is 1. The summed E-state index contributed by atoms with van der Waals surface area (Å²) in [6.45, 7) is 1.96. The second-order valence-corrected chi connectivity index (χ2v) is 4.68. The van der Waals surface area contributed by atoms with Crippen molar-refractivity contribution in [2.24, 2.45) is 11.8 Å². The summed E-state index contributed by atoms with van der Waals surface area (Å²) in [4.78, 5) is 11.8. The van der Waals surface area contributed by atoms with Crippen LogP contribution in [0.2, 0.25) is 0 Å². The first-order valence-electron chi connectivity index (χ1n) is 5.93. The molecule has 86 valence electrons. The Kier molecular flexibility index (Phi) is 3.59. The average Bonchev–Trinajstić information content (AvgIpc) is 2.87. The topological polar surface area (TPSA) is 61.4 Å². The number of nitrogens with one attached hydrogen (secondary N) is 2. The molecule has 2 rings (SSSR count). The van der Waals surface area contributed by atoms with Crippen molar-refractivity contribution in [3.8, 4) is 0 Å². The van der Waals surface area contributed by atoms with E-state index in [4.69, 9.17) is 5.11 Å². The molecule has 0 spiro atoms. The van der Waals surface area contributed by atoms with Crippen molar-refractivity contribution in [1.82, 2.24) is 10.6 Å². The lowest BCUT2D eigenvalue weighted by molar-refractivity contribution is -0.125. The predicted octanol–water partition coefficient (Wildman–Crippen LogP) is -0.127. The van der Waals surface area contributed by atoms with Gasteiger partial charge in [-0.05, 0) is 25.8 Å². The number of hydrogen-bond donors (Lipinski definition) is 3. The molecule has 0 aromatic heterocycles. The molecule has 0 aromatic carbocycles. The molecule has 1 saturated carbocycles. The smallest absolute Gasteiger partial charge is 0.224 e. The maximum atomic E-state index is 11.8. The zero-order valence-electron chi connectivity index (χ0n) is 9.04. The van der Waals surface area contributed by atoms with E-state index in [2.05, 4.69) is 10.6 Å². The van der Waals surface area contributed by atoms with Crippen molar-refractivity contribution in [3.05, 3.63) is 0 Å². The second-order valence-electron chi connectivity index (χ2n) is 4.68. The Morgan fingerprint density at radius 2 is 2.27 bits per heavy atom. The second kappa shape index (κ2) is 4.94. The van der Waals surface area contributed by atoms with Crippen molar-refractivity contribution in [1.29, 1.82) is 0 Å². The summed E-state index contributed by atoms with van der Waals surface area (Å²) in [6.07, 6.45) is 4.14. The lowest BCUT2D eigenvalue weighted by Gasteiger charge is -2.20. The fourth-order valence-electron chi connectivity index (χ4n) is 2.62. The molecule has 1 saturated heterocycles. The Hall–Kier alpha value is -0.610. The van der Waals surface area contributed by atoms with Gasteiger partial charge in [0.1, 0.15) is 0 Å². The summed E-state index contributed by atoms with van der Waals surface area (Å²) in [5.74, 6) is 0.596. The molecule has 3 unspecified atom stereocenters. The van der Waals surface area contributed by atoms with E-state index < -0.39 is 0 Å². The molecule has 2 fully saturated rings. The van der Waals surface area contributed by atoms with Crippen LogP contribution >= 0.6 is 0 Å². The maximum absolute atomic E-state index is 11.8. The van der Waals surface area contributed by atoms with E-state index in [9.17, 15) is 4.79 Å². The van der Waals surface area contributed by atoms with E-state index >= 15 is 0 Å². The van der Waals surface area contributed by atoms with Crippen LogP contribution in [0.3, 0.4) is 0 Å². The highest BCUT2D eigenvalue weighted by Crippen LogP contribution is 2.25. The van der Waals surface area contributed by atoms with Gasteiger partial charge in [-0.2, -0.15) is 0 Å². The number of amides is 1. The van der Waals surface area contributed by atoms with Gasteiger partial charge in [-0.25, -0.2) is 0 Å². The largest absolute Gasteiger partial charge is 0.396 e. The molecule has 1 aliphatic carbocycles. The fourth-order valence-corrected chi connectivity index (χ4v) is 2.62. The number of carbonyl (C=O) groups excluding carboxylic acids is 1. The molecule has 3 N–H and O–H groups in total. The van der Waals surface area contributed by atoms with Crippen LogP contribution in [0.25, 0.3) is 0 Å². The van der Waals surface area contributed by atoms with Gasteiger partial charge in [0.2, 0.25) is 5.91 Å². The Labute approximate surface area is 90.4 Å². The standard InChI is InChI=1S/C11H20N2O2/c14-7-9-2-1-3-10(9)13-11(15)8-4-5-12-6-8/h8-10,12,14H,1-7H2,(H,13,15). The molecule has 1 aliphatic heterocycles. The third-order valence-electron chi connectivity index (χ3n) is 3.65. The first-order valence-corrected chi connectivity index (χ1v) is 5.93. The summed E-state index contributed by atoms with van der Waals surface area (Å²) in [7, 11) is 0. The van der Waals surface area contributed by atoms with Gasteiger partial charge in [0, 0.05) is 25.1 Å². The predicted molar refractivity (Wildman–Crippen MR) is 57.3 cm³/mol. The minimum absolute atomic E-state index is 0.143. The average molecular weight is 212 g/mol. The van der Waals surface area contributed by atoms with Crippen LogP contribution in [0.5, 0.6) is 0 Å². The van der Waals surface area contributed by atoms with Gasteiger partial charge in [0.05, 0.1) is 5.92 Å². The highest BCUT2D eigenvalue weighted by atomic mass is 16.3. The molecule has 15 heavy (non-hydrogen) atoms. The Morgan fingerprint density at radius 3 is 2.93 bits per heavy atom. The zero-order chi connectivity index (χ0) is 10.7. The first-order chi connectivity index (χ1) is 7.31. The van der Waals surface area contributed by atoms with Crippen molar-refractivity contribution in [3.63, 3.8) is 0 Å². The number of aliphatic hydroxyl groups is 1. The van der Waals surface area contributed by atoms with Crippen LogP contribution in [0.4, 0.5) is 0 Å². The minimum Gasteiger partial charge on any atom is -0.396 e. The molecule has 0 aromatic rings. The number of aliphatic hydroxyl groups excluding tert-OH is 1. The first kappa shape index (κ1) is 10.9. The van der Waals surface area contributed by atoms with Gasteiger partial charge in [-0.3, -0.25) is 4.79 Å². The normalized spacial score (nSPS) is 35.7. The highest BCUT2D eigenvalue weighted by molar-refractivity contribution is 5.79. The van der Waals surface area contributed by atoms with Gasteiger partial charge in [0.25, 0.3) is 0 Å². The molecule has 2 aliphatic rings. The Morgan fingerprint density at radius 1 is 1.40 bits per heavy atom. The van der Waals surface area contributed by atoms with Gasteiger partial charge in [-0.1, -0.05) is 6.42 Å². The molecular weight excluding hydrogens is 192 g/mol. The molecular formula is C11H20N2O2. The van der Waals surface area contributed by atoms with Gasteiger partial charge >= 0.3 is 0 Å². The summed E-state index contributed by atoms with van der Waals surface area (Å²) < 4.78 is 0. The van der Waals surface area contributed by atoms with Crippen LogP contribution < -0.4 is 10.6 Å². The van der Waals surface area contributed by atoms with Crippen molar-refractivity contribution in [2.75, 3.05) is 19.7 Å². The van der Waals surface area contributed by atoms with Crippen LogP contribution in [0.1, 0.15) is 25.7 Å². The molecule has 1 amide bonds. The van der Waals surface area contributed by atoms with Crippen molar-refractivity contribution < 1.29 is 9.90 Å². The zero-order valence-corrected chi connectivity index (χ0v) is 9.04. The van der Waals surface area contributed by atoms with Crippen LogP contribution in [0, 0.1) is 11.8 Å². The summed E-state index contributed by atoms with van der Waals surface area (Å²) >= 11 is 0. The molecule has 3 atom stereocenters. The van der Waals surface area contributed by atoms with E-state index in [0.29, 0.717) is 0 Å². The van der Waals surface area contributed by atoms with E-state index in [1.165, 1.54) is 0 Å². The monoisotopic (exact) mass is 212 g/mol. The maximum Gasteiger partial charge on any atom is 0.224 e. The van der Waals surface area contributed by atoms with E-state index in [0.717, 1.165) is 38.8 Å². The lowest BCUT2D eigenvalue weighted by Crippen LogP contribution is -2.42. The molecule has 4 nitrogen and oxygen atoms in total. The Balaban J connectivity index is 1.82. The van der Waals surface area contributed by atoms with E-state index in [1.54, 1.807) is 0 Å². The number of hydrogen-bond acceptors (Lipinski definition) is 3. The van der Waals surface area contributed by atoms with Crippen LogP contribution in [-0.2, 0) is 4.79 Å². The third-order valence-corrected chi connectivity index (χ3v) is 3.65. The molecule has 1 heterocycles. The quantitative estimate of drug-likeness (QED) is 0.611. The molecule has 4 heteroatoms. The van der Waals surface area contributed by atoms with Crippen molar-refractivity contribution in [2.45, 2.75) is 31.7 Å². The summed E-state index contributed by atoms with van der Waals surface area (Å²) in [6, 6.07) is 0.211. The van der Waals surface area contributed by atoms with Crippen LogP contribution in [0.15, 0.2) is 0 Å². The van der Waals surface area contributed by atoms with Gasteiger partial charge < -0.3 is 15.7 Å². The minimum atomic E-state index is 0.143. The lowest BCUT2D eigenvalue weighted by atomic mass is 10.0. The number of rotatable bonds is 3. The molecule has 0 radical (unpaired) electrons. The van der Waals surface area contributed by atoms with Gasteiger partial charge in [-0.15, -0.1) is 0 Å². The van der Waals surface area contributed by atoms with Gasteiger partial charge in [0.15, 0.2) is 0 Å². The van der Waals surface area contributed by atoms with Crippen molar-refractivity contribution >= 4 is 5.91 Å². The van der Waals surface area contributed by atoms with E-state index in [1.807, 2.05) is 0 Å². The molecule has 0 bridgehead atoms. The summed E-state index contributed by atoms with van der Waals surface area (Å²) in [5, 5.41) is 15.4. The highest BCUT2D eigenvalue weighted by Gasteiger charge is 2.30. The third kappa shape index (κ3) is 2.49. The SMILES string of the molecule is O=C(NC1CCCC1CO)C1CCNC1. The van der Waals surface area contributed by atoms with Crippen LogP contribution in [-0.4, -0.2) is 36.8 Å². The Bertz CT molecular complexity index is 227. The van der Waals surface area contributed by atoms with E-state index in [-0.39, 0.29) is 30.4 Å².